The molecule has 1 fully saturated rings. The Balaban J connectivity index is 2.25. The zero-order valence-electron chi connectivity index (χ0n) is 15.3. The van der Waals surface area contributed by atoms with Crippen LogP contribution in [-0.2, 0) is 9.31 Å². The van der Waals surface area contributed by atoms with Gasteiger partial charge in [0.2, 0.25) is 0 Å². The minimum Gasteiger partial charge on any atom is -0.400 e. The Morgan fingerprint density at radius 1 is 1.08 bits per heavy atom. The maximum Gasteiger partial charge on any atom is 0.487 e. The summed E-state index contributed by atoms with van der Waals surface area (Å²) >= 11 is 5.80. The molecule has 0 radical (unpaired) electrons. The van der Waals surface area contributed by atoms with Crippen molar-refractivity contribution in [1.82, 2.24) is 0 Å². The van der Waals surface area contributed by atoms with E-state index in [1.54, 1.807) is 0 Å². The third-order valence-electron chi connectivity index (χ3n) is 4.90. The molecule has 1 aromatic carbocycles. The molecule has 130 valence electrons. The summed E-state index contributed by atoms with van der Waals surface area (Å²) in [6.45, 7) is 12.6. The smallest absolute Gasteiger partial charge is 0.400 e. The Kier molecular flexibility index (Phi) is 6.36. The molecule has 1 saturated heterocycles. The number of hydrogen-bond donors (Lipinski definition) is 0. The van der Waals surface area contributed by atoms with Crippen LogP contribution in [0.2, 0.25) is 0 Å². The van der Waals surface area contributed by atoms with E-state index >= 15 is 0 Å². The summed E-state index contributed by atoms with van der Waals surface area (Å²) in [6.07, 6.45) is 2.96. The second-order valence-electron chi connectivity index (χ2n) is 7.32. The summed E-state index contributed by atoms with van der Waals surface area (Å²) in [6, 6.07) is 10.3. The summed E-state index contributed by atoms with van der Waals surface area (Å²) in [5.41, 5.74) is 2.67. The Morgan fingerprint density at radius 3 is 2.21 bits per heavy atom. The van der Waals surface area contributed by atoms with Crippen LogP contribution in [-0.4, -0.2) is 24.2 Å². The van der Waals surface area contributed by atoms with Crippen LogP contribution < -0.4 is 0 Å². The Bertz CT molecular complexity index is 577. The zero-order chi connectivity index (χ0) is 17.8. The molecule has 4 heteroatoms. The van der Waals surface area contributed by atoms with Crippen molar-refractivity contribution in [2.45, 2.75) is 58.2 Å². The Morgan fingerprint density at radius 2 is 1.67 bits per heavy atom. The molecule has 2 nitrogen and oxygen atoms in total. The molecule has 0 spiro atoms. The fourth-order valence-corrected chi connectivity index (χ4v) is 2.89. The van der Waals surface area contributed by atoms with Crippen molar-refractivity contribution in [3.8, 4) is 0 Å². The van der Waals surface area contributed by atoms with Crippen molar-refractivity contribution in [2.24, 2.45) is 0 Å². The molecule has 0 unspecified atom stereocenters. The van der Waals surface area contributed by atoms with Crippen molar-refractivity contribution < 1.29 is 9.31 Å². The summed E-state index contributed by atoms with van der Waals surface area (Å²) < 4.78 is 12.3. The minimum atomic E-state index is -0.366. The molecule has 0 aromatic heterocycles. The highest BCUT2D eigenvalue weighted by Gasteiger charge is 2.50. The van der Waals surface area contributed by atoms with Gasteiger partial charge in [-0.2, -0.15) is 0 Å². The molecular formula is C20H28BClO2. The third kappa shape index (κ3) is 4.53. The first-order valence-electron chi connectivity index (χ1n) is 8.64. The van der Waals surface area contributed by atoms with Crippen molar-refractivity contribution in [1.29, 1.82) is 0 Å². The van der Waals surface area contributed by atoms with Gasteiger partial charge in [0.25, 0.3) is 0 Å². The lowest BCUT2D eigenvalue weighted by molar-refractivity contribution is 0.00578. The van der Waals surface area contributed by atoms with E-state index in [2.05, 4.69) is 52.4 Å². The van der Waals surface area contributed by atoms with E-state index in [0.717, 1.165) is 36.0 Å². The topological polar surface area (TPSA) is 18.5 Å². The fraction of sp³-hybridized carbons (Fsp3) is 0.500. The van der Waals surface area contributed by atoms with Crippen LogP contribution in [0.25, 0.3) is 5.57 Å². The van der Waals surface area contributed by atoms with Crippen molar-refractivity contribution >= 4 is 24.3 Å². The lowest BCUT2D eigenvalue weighted by Gasteiger charge is -2.32. The van der Waals surface area contributed by atoms with Crippen LogP contribution in [0.15, 0.2) is 48.5 Å². The van der Waals surface area contributed by atoms with Gasteiger partial charge in [0, 0.05) is 5.88 Å². The summed E-state index contributed by atoms with van der Waals surface area (Å²) in [5, 5.41) is 0. The monoisotopic (exact) mass is 346 g/mol. The highest BCUT2D eigenvalue weighted by Crippen LogP contribution is 2.38. The van der Waals surface area contributed by atoms with Crippen LogP contribution in [0.5, 0.6) is 0 Å². The molecule has 0 bridgehead atoms. The van der Waals surface area contributed by atoms with Gasteiger partial charge in [0.15, 0.2) is 0 Å². The first-order valence-corrected chi connectivity index (χ1v) is 9.17. The summed E-state index contributed by atoms with van der Waals surface area (Å²) in [5.74, 6) is 2.75. The van der Waals surface area contributed by atoms with Crippen molar-refractivity contribution in [2.75, 3.05) is 5.88 Å². The normalized spacial score (nSPS) is 19.5. The summed E-state index contributed by atoms with van der Waals surface area (Å²) in [4.78, 5) is 0. The van der Waals surface area contributed by atoms with Crippen LogP contribution in [0.1, 0.15) is 52.5 Å². The van der Waals surface area contributed by atoms with Crippen LogP contribution in [0.3, 0.4) is 0 Å². The van der Waals surface area contributed by atoms with Crippen molar-refractivity contribution in [3.63, 3.8) is 0 Å². The number of halogens is 1. The molecule has 1 heterocycles. The van der Waals surface area contributed by atoms with E-state index in [0.29, 0.717) is 5.88 Å². The van der Waals surface area contributed by atoms with Crippen LogP contribution in [0.4, 0.5) is 0 Å². The fourth-order valence-electron chi connectivity index (χ4n) is 2.70. The van der Waals surface area contributed by atoms with Crippen molar-refractivity contribution in [3.05, 3.63) is 54.0 Å². The number of benzene rings is 1. The van der Waals surface area contributed by atoms with Crippen LogP contribution in [0, 0.1) is 0 Å². The number of unbranched alkanes of at least 4 members (excludes halogenated alkanes) is 1. The van der Waals surface area contributed by atoms with E-state index in [1.807, 2.05) is 18.2 Å². The average Bonchev–Trinajstić information content (AvgIpc) is 2.73. The largest absolute Gasteiger partial charge is 0.487 e. The van der Waals surface area contributed by atoms with Gasteiger partial charge in [0.05, 0.1) is 11.2 Å². The predicted octanol–water partition coefficient (Wildman–Crippen LogP) is 5.67. The lowest BCUT2D eigenvalue weighted by atomic mass is 9.81. The van der Waals surface area contributed by atoms with E-state index in [4.69, 9.17) is 20.9 Å². The lowest BCUT2D eigenvalue weighted by Crippen LogP contribution is -2.41. The first-order chi connectivity index (χ1) is 11.3. The molecule has 1 aromatic rings. The highest BCUT2D eigenvalue weighted by atomic mass is 35.5. The van der Waals surface area contributed by atoms with E-state index in [9.17, 15) is 0 Å². The summed E-state index contributed by atoms with van der Waals surface area (Å²) in [7, 11) is -0.366. The Labute approximate surface area is 152 Å². The number of rotatable bonds is 7. The van der Waals surface area contributed by atoms with Gasteiger partial charge < -0.3 is 9.31 Å². The maximum atomic E-state index is 6.13. The third-order valence-corrected chi connectivity index (χ3v) is 5.17. The quantitative estimate of drug-likeness (QED) is 0.274. The number of hydrogen-bond acceptors (Lipinski definition) is 2. The molecule has 0 amide bonds. The molecule has 24 heavy (non-hydrogen) atoms. The van der Waals surface area contributed by atoms with Gasteiger partial charge in [-0.1, -0.05) is 36.9 Å². The zero-order valence-corrected chi connectivity index (χ0v) is 16.0. The average molecular weight is 347 g/mol. The van der Waals surface area contributed by atoms with Gasteiger partial charge >= 0.3 is 7.12 Å². The molecule has 1 aliphatic rings. The minimum absolute atomic E-state index is 0.337. The predicted molar refractivity (Wildman–Crippen MR) is 104 cm³/mol. The van der Waals surface area contributed by atoms with E-state index in [-0.39, 0.29) is 18.3 Å². The van der Waals surface area contributed by atoms with E-state index in [1.165, 1.54) is 0 Å². The molecule has 0 N–H and O–H groups in total. The molecule has 2 rings (SSSR count). The molecular weight excluding hydrogens is 318 g/mol. The second kappa shape index (κ2) is 7.90. The molecule has 0 saturated carbocycles. The van der Waals surface area contributed by atoms with Gasteiger partial charge in [-0.25, -0.2) is 0 Å². The second-order valence-corrected chi connectivity index (χ2v) is 7.70. The standard InChI is InChI=1S/C20H28BClO2/c1-16(11-9-10-14-22)18(17-12-7-6-8-13-17)15-21-23-19(2,3)20(4,5)24-21/h6-8,12-13,15H,1,9-11,14H2,2-5H3/b18-15+. The van der Waals surface area contributed by atoms with Gasteiger partial charge in [0.1, 0.15) is 0 Å². The van der Waals surface area contributed by atoms with Gasteiger partial charge in [-0.3, -0.25) is 0 Å². The van der Waals surface area contributed by atoms with Crippen LogP contribution >= 0.6 is 11.6 Å². The highest BCUT2D eigenvalue weighted by molar-refractivity contribution is 6.53. The molecule has 0 aliphatic carbocycles. The number of allylic oxidation sites excluding steroid dienone is 2. The molecule has 0 atom stereocenters. The SMILES string of the molecule is C=C(CCCCCl)/C(=C\B1OC(C)(C)C(C)(C)O1)c1ccccc1. The van der Waals surface area contributed by atoms with E-state index < -0.39 is 0 Å². The Hall–Kier alpha value is -1.03. The number of alkyl halides is 1. The molecule has 1 aliphatic heterocycles. The van der Waals surface area contributed by atoms with Gasteiger partial charge in [-0.15, -0.1) is 11.6 Å². The van der Waals surface area contributed by atoms with Gasteiger partial charge in [-0.05, 0) is 69.6 Å². The maximum absolute atomic E-state index is 6.13. The first kappa shape index (κ1) is 19.3.